The van der Waals surface area contributed by atoms with Crippen LogP contribution in [0.5, 0.6) is 0 Å². The average molecular weight is 226 g/mol. The van der Waals surface area contributed by atoms with E-state index in [1.54, 1.807) is 6.07 Å². The standard InChI is InChI=1S/C12H16ClNO/c13-12-7-10(14)6-5-9(12)8-15-11-3-1-2-4-11/h5-7,11H,1-4,8,14H2. The van der Waals surface area contributed by atoms with Crippen molar-refractivity contribution < 1.29 is 4.74 Å². The second kappa shape index (κ2) is 4.86. The van der Waals surface area contributed by atoms with Gasteiger partial charge in [-0.15, -0.1) is 0 Å². The van der Waals surface area contributed by atoms with E-state index in [4.69, 9.17) is 22.1 Å². The molecule has 1 aliphatic carbocycles. The van der Waals surface area contributed by atoms with Crippen LogP contribution in [-0.2, 0) is 11.3 Å². The number of halogens is 1. The fourth-order valence-electron chi connectivity index (χ4n) is 1.94. The Labute approximate surface area is 95.4 Å². The van der Waals surface area contributed by atoms with E-state index in [0.29, 0.717) is 23.4 Å². The molecule has 1 saturated carbocycles. The van der Waals surface area contributed by atoms with E-state index in [1.807, 2.05) is 12.1 Å². The fourth-order valence-corrected chi connectivity index (χ4v) is 2.19. The third-order valence-corrected chi connectivity index (χ3v) is 3.21. The molecule has 2 nitrogen and oxygen atoms in total. The Morgan fingerprint density at radius 2 is 2.07 bits per heavy atom. The molecule has 2 N–H and O–H groups in total. The van der Waals surface area contributed by atoms with E-state index >= 15 is 0 Å². The molecule has 0 spiro atoms. The van der Waals surface area contributed by atoms with E-state index < -0.39 is 0 Å². The van der Waals surface area contributed by atoms with Crippen LogP contribution in [0, 0.1) is 0 Å². The van der Waals surface area contributed by atoms with Crippen molar-refractivity contribution in [2.45, 2.75) is 38.4 Å². The van der Waals surface area contributed by atoms with Gasteiger partial charge in [-0.05, 0) is 30.5 Å². The lowest BCUT2D eigenvalue weighted by Gasteiger charge is -2.12. The molecule has 0 aromatic heterocycles. The van der Waals surface area contributed by atoms with Gasteiger partial charge in [0, 0.05) is 10.7 Å². The maximum Gasteiger partial charge on any atom is 0.0735 e. The summed E-state index contributed by atoms with van der Waals surface area (Å²) in [6.07, 6.45) is 5.39. The van der Waals surface area contributed by atoms with Gasteiger partial charge in [-0.3, -0.25) is 0 Å². The van der Waals surface area contributed by atoms with Gasteiger partial charge in [0.1, 0.15) is 0 Å². The number of nitrogen functional groups attached to an aromatic ring is 1. The summed E-state index contributed by atoms with van der Waals surface area (Å²) in [5.41, 5.74) is 7.34. The SMILES string of the molecule is Nc1ccc(COC2CCCC2)c(Cl)c1. The zero-order valence-electron chi connectivity index (χ0n) is 8.71. The summed E-state index contributed by atoms with van der Waals surface area (Å²) in [5, 5.41) is 0.702. The van der Waals surface area contributed by atoms with Crippen molar-refractivity contribution in [3.63, 3.8) is 0 Å². The second-order valence-corrected chi connectivity index (χ2v) is 4.48. The minimum atomic E-state index is 0.429. The van der Waals surface area contributed by atoms with Crippen molar-refractivity contribution in [1.82, 2.24) is 0 Å². The first kappa shape index (κ1) is 10.8. The monoisotopic (exact) mass is 225 g/mol. The molecular formula is C12H16ClNO. The van der Waals surface area contributed by atoms with Crippen LogP contribution in [0.1, 0.15) is 31.2 Å². The number of nitrogens with two attached hydrogens (primary N) is 1. The molecule has 0 bridgehead atoms. The lowest BCUT2D eigenvalue weighted by molar-refractivity contribution is 0.0457. The lowest BCUT2D eigenvalue weighted by Crippen LogP contribution is -2.07. The molecule has 0 unspecified atom stereocenters. The van der Waals surface area contributed by atoms with Crippen LogP contribution >= 0.6 is 11.6 Å². The number of benzene rings is 1. The third kappa shape index (κ3) is 2.86. The smallest absolute Gasteiger partial charge is 0.0735 e. The van der Waals surface area contributed by atoms with Crippen LogP contribution in [0.25, 0.3) is 0 Å². The normalized spacial score (nSPS) is 17.1. The van der Waals surface area contributed by atoms with E-state index in [-0.39, 0.29) is 0 Å². The lowest BCUT2D eigenvalue weighted by atomic mass is 10.2. The minimum absolute atomic E-state index is 0.429. The molecule has 3 heteroatoms. The molecule has 0 saturated heterocycles. The molecule has 2 rings (SSSR count). The zero-order valence-corrected chi connectivity index (χ0v) is 9.46. The molecule has 15 heavy (non-hydrogen) atoms. The van der Waals surface area contributed by atoms with Crippen molar-refractivity contribution >= 4 is 17.3 Å². The summed E-state index contributed by atoms with van der Waals surface area (Å²) in [6, 6.07) is 5.57. The molecule has 1 aromatic carbocycles. The summed E-state index contributed by atoms with van der Waals surface area (Å²) < 4.78 is 5.78. The van der Waals surface area contributed by atoms with Crippen molar-refractivity contribution in [3.05, 3.63) is 28.8 Å². The van der Waals surface area contributed by atoms with Crippen LogP contribution in [0.3, 0.4) is 0 Å². The highest BCUT2D eigenvalue weighted by Crippen LogP contribution is 2.24. The van der Waals surface area contributed by atoms with E-state index in [2.05, 4.69) is 0 Å². The molecule has 82 valence electrons. The summed E-state index contributed by atoms with van der Waals surface area (Å²) >= 11 is 6.05. The maximum atomic E-state index is 6.05. The summed E-state index contributed by atoms with van der Waals surface area (Å²) in [4.78, 5) is 0. The number of rotatable bonds is 3. The highest BCUT2D eigenvalue weighted by Gasteiger charge is 2.15. The maximum absolute atomic E-state index is 6.05. The largest absolute Gasteiger partial charge is 0.399 e. The van der Waals surface area contributed by atoms with Gasteiger partial charge < -0.3 is 10.5 Å². The van der Waals surface area contributed by atoms with Crippen LogP contribution < -0.4 is 5.73 Å². The highest BCUT2D eigenvalue weighted by atomic mass is 35.5. The average Bonchev–Trinajstić information content (AvgIpc) is 2.69. The first-order valence-corrected chi connectivity index (χ1v) is 5.79. The fraction of sp³-hybridized carbons (Fsp3) is 0.500. The zero-order chi connectivity index (χ0) is 10.7. The number of hydrogen-bond acceptors (Lipinski definition) is 2. The van der Waals surface area contributed by atoms with Crippen molar-refractivity contribution in [2.24, 2.45) is 0 Å². The summed E-state index contributed by atoms with van der Waals surface area (Å²) in [6.45, 7) is 0.601. The molecule has 1 fully saturated rings. The van der Waals surface area contributed by atoms with Gasteiger partial charge in [0.05, 0.1) is 12.7 Å². The Bertz CT molecular complexity index is 334. The Hall–Kier alpha value is -0.730. The second-order valence-electron chi connectivity index (χ2n) is 4.07. The molecule has 0 aliphatic heterocycles. The van der Waals surface area contributed by atoms with Crippen LogP contribution in [0.15, 0.2) is 18.2 Å². The van der Waals surface area contributed by atoms with Gasteiger partial charge >= 0.3 is 0 Å². The number of ether oxygens (including phenoxy) is 1. The van der Waals surface area contributed by atoms with E-state index in [0.717, 1.165) is 5.56 Å². The Balaban J connectivity index is 1.92. The molecule has 0 radical (unpaired) electrons. The van der Waals surface area contributed by atoms with Gasteiger partial charge in [0.2, 0.25) is 0 Å². The minimum Gasteiger partial charge on any atom is -0.399 e. The number of hydrogen-bond donors (Lipinski definition) is 1. The van der Waals surface area contributed by atoms with Crippen molar-refractivity contribution in [1.29, 1.82) is 0 Å². The predicted octanol–water partition coefficient (Wildman–Crippen LogP) is 3.38. The van der Waals surface area contributed by atoms with Gasteiger partial charge in [-0.25, -0.2) is 0 Å². The van der Waals surface area contributed by atoms with Crippen molar-refractivity contribution in [3.8, 4) is 0 Å². The van der Waals surface area contributed by atoms with Gasteiger partial charge in [-0.2, -0.15) is 0 Å². The molecule has 0 heterocycles. The molecule has 1 aromatic rings. The van der Waals surface area contributed by atoms with Crippen LogP contribution in [-0.4, -0.2) is 6.10 Å². The van der Waals surface area contributed by atoms with Gasteiger partial charge in [0.15, 0.2) is 0 Å². The summed E-state index contributed by atoms with van der Waals surface area (Å²) in [7, 11) is 0. The van der Waals surface area contributed by atoms with Gasteiger partial charge in [-0.1, -0.05) is 30.5 Å². The Morgan fingerprint density at radius 1 is 1.33 bits per heavy atom. The topological polar surface area (TPSA) is 35.2 Å². The quantitative estimate of drug-likeness (QED) is 0.801. The van der Waals surface area contributed by atoms with Crippen molar-refractivity contribution in [2.75, 3.05) is 5.73 Å². The molecule has 0 atom stereocenters. The predicted molar refractivity (Wildman–Crippen MR) is 62.9 cm³/mol. The summed E-state index contributed by atoms with van der Waals surface area (Å²) in [5.74, 6) is 0. The first-order valence-electron chi connectivity index (χ1n) is 5.41. The Kier molecular flexibility index (Phi) is 3.49. The number of anilines is 1. The van der Waals surface area contributed by atoms with Gasteiger partial charge in [0.25, 0.3) is 0 Å². The van der Waals surface area contributed by atoms with E-state index in [9.17, 15) is 0 Å². The molecular weight excluding hydrogens is 210 g/mol. The van der Waals surface area contributed by atoms with E-state index in [1.165, 1.54) is 25.7 Å². The molecule has 0 amide bonds. The van der Waals surface area contributed by atoms with Crippen LogP contribution in [0.4, 0.5) is 5.69 Å². The molecule has 1 aliphatic rings. The van der Waals surface area contributed by atoms with Crippen LogP contribution in [0.2, 0.25) is 5.02 Å². The Morgan fingerprint density at radius 3 is 2.73 bits per heavy atom. The highest BCUT2D eigenvalue weighted by molar-refractivity contribution is 6.31. The third-order valence-electron chi connectivity index (χ3n) is 2.85. The first-order chi connectivity index (χ1) is 7.25.